The number of aliphatic hydroxyl groups excluding tert-OH is 3. The maximum absolute atomic E-state index is 14.2. The van der Waals surface area contributed by atoms with Crippen molar-refractivity contribution in [2.45, 2.75) is 115 Å². The van der Waals surface area contributed by atoms with E-state index in [9.17, 15) is 24.5 Å². The van der Waals surface area contributed by atoms with Crippen molar-refractivity contribution in [1.82, 2.24) is 78.3 Å². The summed E-state index contributed by atoms with van der Waals surface area (Å²) in [4.78, 5) is 49.7. The highest BCUT2D eigenvalue weighted by Gasteiger charge is 2.29. The number of H-pyrrole nitrogens is 1. The van der Waals surface area contributed by atoms with Crippen molar-refractivity contribution in [2.75, 3.05) is 69.3 Å². The number of hydrogen-bond acceptors (Lipinski definition) is 22. The SMILES string of the molecule is O=c1ccc(CNc2cc(-c3ccccc3F)nc3c(Br)cnn23)c[nH]1.OCC1CCCCN1c1cc(NCc2cccnc2)n2ncc(Br)c2n1.OCCC1CCCCN1c1cc(NCc2cccnc2)n2ncc(Br)c2n1.OC[C@H]1CCCC[C@H]1Nc1cc(NCc2cccnc2)n2ncc(Br)c2n1. The van der Waals surface area contributed by atoms with Gasteiger partial charge < -0.3 is 56.7 Å². The van der Waals surface area contributed by atoms with Crippen LogP contribution in [-0.2, 0) is 26.2 Å². The molecule has 12 aromatic heterocycles. The van der Waals surface area contributed by atoms with Crippen LogP contribution in [0.25, 0.3) is 33.8 Å². The normalized spacial score (nSPS) is 16.5. The van der Waals surface area contributed by atoms with Crippen LogP contribution in [0.15, 0.2) is 188 Å². The molecule has 14 heterocycles. The first-order chi connectivity index (χ1) is 51.9. The Morgan fingerprint density at radius 1 is 0.481 bits per heavy atom. The third-order valence-electron chi connectivity index (χ3n) is 18.7. The second kappa shape index (κ2) is 36.1. The molecular formula is C74H80Br4FN23O4. The van der Waals surface area contributed by atoms with Crippen molar-refractivity contribution in [2.24, 2.45) is 5.92 Å². The molecule has 3 fully saturated rings. The number of piperidine rings is 2. The Kier molecular flexibility index (Phi) is 25.5. The number of benzene rings is 1. The average Bonchev–Trinajstić information content (AvgIpc) is 1.58. The van der Waals surface area contributed by atoms with E-state index in [1.807, 2.05) is 71.6 Å². The van der Waals surface area contributed by atoms with Crippen LogP contribution in [0.1, 0.15) is 92.9 Å². The van der Waals surface area contributed by atoms with Gasteiger partial charge in [-0.1, -0.05) is 49.2 Å². The maximum atomic E-state index is 14.2. The summed E-state index contributed by atoms with van der Waals surface area (Å²) in [6.45, 7) is 4.83. The number of nitrogens with one attached hydrogen (secondary N) is 6. The van der Waals surface area contributed by atoms with E-state index in [-0.39, 0.29) is 49.2 Å². The smallest absolute Gasteiger partial charge is 0.247 e. The lowest BCUT2D eigenvalue weighted by Crippen LogP contribution is -2.42. The second-order valence-corrected chi connectivity index (χ2v) is 29.3. The number of hydrogen-bond donors (Lipinski definition) is 9. The molecule has 16 rings (SSSR count). The molecule has 106 heavy (non-hydrogen) atoms. The summed E-state index contributed by atoms with van der Waals surface area (Å²) in [6, 6.07) is 30.1. The largest absolute Gasteiger partial charge is 0.396 e. The second-order valence-electron chi connectivity index (χ2n) is 25.9. The minimum absolute atomic E-state index is 0.117. The van der Waals surface area contributed by atoms with Crippen LogP contribution >= 0.6 is 63.7 Å². The summed E-state index contributed by atoms with van der Waals surface area (Å²) in [5.74, 6) is 5.78. The zero-order valence-corrected chi connectivity index (χ0v) is 64.1. The molecule has 0 spiro atoms. The predicted molar refractivity (Wildman–Crippen MR) is 422 cm³/mol. The Morgan fingerprint density at radius 2 is 0.953 bits per heavy atom. The molecule has 2 saturated heterocycles. The van der Waals surface area contributed by atoms with E-state index in [2.05, 4.69) is 151 Å². The highest BCUT2D eigenvalue weighted by Crippen LogP contribution is 2.34. The molecule has 2 unspecified atom stereocenters. The van der Waals surface area contributed by atoms with Gasteiger partial charge in [0.2, 0.25) is 5.56 Å². The summed E-state index contributed by atoms with van der Waals surface area (Å²) >= 11 is 14.0. The zero-order chi connectivity index (χ0) is 73.3. The van der Waals surface area contributed by atoms with Gasteiger partial charge in [-0.05, 0) is 174 Å². The van der Waals surface area contributed by atoms with Crippen LogP contribution in [0.2, 0.25) is 0 Å². The molecule has 1 aliphatic carbocycles. The lowest BCUT2D eigenvalue weighted by atomic mass is 9.85. The van der Waals surface area contributed by atoms with E-state index in [1.165, 1.54) is 31.4 Å². The Hall–Kier alpha value is -9.57. The van der Waals surface area contributed by atoms with Gasteiger partial charge in [0.1, 0.15) is 46.5 Å². The molecule has 1 aromatic carbocycles. The summed E-state index contributed by atoms with van der Waals surface area (Å²) in [5, 5.41) is 63.6. The van der Waals surface area contributed by atoms with Crippen LogP contribution < -0.4 is 41.9 Å². The highest BCUT2D eigenvalue weighted by molar-refractivity contribution is 9.11. The van der Waals surface area contributed by atoms with Gasteiger partial charge in [0.15, 0.2) is 22.6 Å². The predicted octanol–water partition coefficient (Wildman–Crippen LogP) is 13.2. The maximum Gasteiger partial charge on any atom is 0.247 e. The first-order valence-electron chi connectivity index (χ1n) is 35.2. The molecule has 27 nitrogen and oxygen atoms in total. The molecule has 0 amide bonds. The molecule has 0 radical (unpaired) electrons. The quantitative estimate of drug-likeness (QED) is 0.0323. The molecular weight excluding hydrogens is 1610 g/mol. The third kappa shape index (κ3) is 18.4. The minimum atomic E-state index is -0.341. The standard InChI is InChI=1S/2C19H23BrN6O.C18H13BrFN5O.C18H21BrN6O/c20-16-13-23-26-17(22-12-14-4-3-7-21-11-14)10-18(24-19(16)26)25-8-2-1-5-15(25)6-9-27;20-15-11-23-26-18(22-10-13-4-3-7-21-9-13)8-17(25-19(15)26)24-16-6-2-1-5-14(16)12-27;19-13-10-23-25-16(21-8-11-5-6-17(26)22-9-11)7-15(24-18(13)25)12-3-1-2-4-14(12)20;19-15-11-22-25-16(21-10-13-4-3-6-20-9-13)8-17(23-18(15)25)24-7-2-1-5-14(24)12-26/h3-4,7,10-11,13,15,22,27H,1-2,5-6,8-9,12H2;3-4,7-9,11,14,16,22,27H,1-2,5-6,10,12H2,(H,24,25);1-7,9-10,21H,8H2,(H,22,26);3-4,6,8-9,11,14,21,26H,1-2,5,7,10,12H2/t;14-,16-;;/m.1../s1. The minimum Gasteiger partial charge on any atom is -0.396 e. The summed E-state index contributed by atoms with van der Waals surface area (Å²) in [5.41, 5.74) is 7.83. The molecule has 9 N–H and O–H groups in total. The topological polar surface area (TPSA) is 320 Å². The fraction of sp³-hybridized carbons (Fsp3) is 0.324. The van der Waals surface area contributed by atoms with Crippen LogP contribution in [-0.4, -0.2) is 145 Å². The van der Waals surface area contributed by atoms with Gasteiger partial charge in [-0.25, -0.2) is 24.3 Å². The molecule has 4 atom stereocenters. The van der Waals surface area contributed by atoms with Gasteiger partial charge in [-0.15, -0.1) is 0 Å². The van der Waals surface area contributed by atoms with Crippen molar-refractivity contribution < 1.29 is 19.7 Å². The van der Waals surface area contributed by atoms with E-state index < -0.39 is 0 Å². The van der Waals surface area contributed by atoms with Gasteiger partial charge in [0.25, 0.3) is 0 Å². The van der Waals surface area contributed by atoms with Crippen LogP contribution in [0.3, 0.4) is 0 Å². The molecule has 2 aliphatic heterocycles. The number of nitrogens with zero attached hydrogens (tertiary/aromatic N) is 17. The molecule has 1 saturated carbocycles. The number of aliphatic hydroxyl groups is 3. The molecule has 13 aromatic rings. The van der Waals surface area contributed by atoms with Crippen molar-refractivity contribution in [1.29, 1.82) is 0 Å². The van der Waals surface area contributed by atoms with E-state index >= 15 is 0 Å². The van der Waals surface area contributed by atoms with Crippen molar-refractivity contribution in [3.05, 3.63) is 222 Å². The number of aromatic nitrogens is 16. The summed E-state index contributed by atoms with van der Waals surface area (Å²) < 4.78 is 24.5. The molecule has 32 heteroatoms. The summed E-state index contributed by atoms with van der Waals surface area (Å²) in [6.07, 6.45) is 31.3. The fourth-order valence-corrected chi connectivity index (χ4v) is 14.7. The first-order valence-corrected chi connectivity index (χ1v) is 38.4. The Morgan fingerprint density at radius 3 is 1.44 bits per heavy atom. The van der Waals surface area contributed by atoms with E-state index in [1.54, 1.807) is 93.5 Å². The third-order valence-corrected chi connectivity index (χ3v) is 21.0. The van der Waals surface area contributed by atoms with Crippen molar-refractivity contribution >= 4 is 127 Å². The van der Waals surface area contributed by atoms with Gasteiger partial charge in [-0.2, -0.15) is 38.5 Å². The Balaban J connectivity index is 0.000000125. The number of pyridine rings is 4. The Labute approximate surface area is 643 Å². The van der Waals surface area contributed by atoms with Gasteiger partial charge in [0.05, 0.1) is 61.0 Å². The van der Waals surface area contributed by atoms with Gasteiger partial charge >= 0.3 is 0 Å². The number of halogens is 5. The van der Waals surface area contributed by atoms with Gasteiger partial charge in [-0.3, -0.25) is 19.7 Å². The van der Waals surface area contributed by atoms with Crippen molar-refractivity contribution in [3.8, 4) is 11.3 Å². The molecule has 3 aliphatic rings. The number of fused-ring (bicyclic) bond motifs is 4. The number of anilines is 7. The fourth-order valence-electron chi connectivity index (χ4n) is 13.3. The lowest BCUT2D eigenvalue weighted by Gasteiger charge is -2.36. The monoisotopic (exact) mass is 1690 g/mol. The van der Waals surface area contributed by atoms with E-state index in [0.29, 0.717) is 59.4 Å². The first kappa shape index (κ1) is 74.7. The van der Waals surface area contributed by atoms with Crippen LogP contribution in [0, 0.1) is 11.7 Å². The highest BCUT2D eigenvalue weighted by atomic mass is 79.9. The molecule has 0 bridgehead atoms. The van der Waals surface area contributed by atoms with E-state index in [0.717, 1.165) is 152 Å². The van der Waals surface area contributed by atoms with E-state index in [4.69, 9.17) is 15.0 Å². The van der Waals surface area contributed by atoms with Crippen LogP contribution in [0.4, 0.5) is 45.1 Å². The van der Waals surface area contributed by atoms with Crippen LogP contribution in [0.5, 0.6) is 0 Å². The number of rotatable bonds is 21. The van der Waals surface area contributed by atoms with Gasteiger partial charge in [0, 0.05) is 150 Å². The average molecular weight is 1690 g/mol. The zero-order valence-electron chi connectivity index (χ0n) is 57.8. The molecule has 550 valence electrons. The number of aromatic amines is 1. The van der Waals surface area contributed by atoms with Crippen molar-refractivity contribution in [3.63, 3.8) is 0 Å². The Bertz CT molecular complexity index is 5070. The summed E-state index contributed by atoms with van der Waals surface area (Å²) in [7, 11) is 0. The lowest BCUT2D eigenvalue weighted by molar-refractivity contribution is 0.178.